The molecule has 1 amide bonds. The van der Waals surface area contributed by atoms with E-state index in [1.807, 2.05) is 0 Å². The Labute approximate surface area is 96.9 Å². The van der Waals surface area contributed by atoms with Crippen molar-refractivity contribution < 1.29 is 9.53 Å². The molecule has 0 aromatic heterocycles. The highest BCUT2D eigenvalue weighted by Crippen LogP contribution is 2.32. The molecule has 0 spiro atoms. The number of hydrogen-bond acceptors (Lipinski definition) is 3. The summed E-state index contributed by atoms with van der Waals surface area (Å²) < 4.78 is 5.28. The van der Waals surface area contributed by atoms with E-state index in [2.05, 4.69) is 5.32 Å². The topological polar surface area (TPSA) is 64.3 Å². The lowest BCUT2D eigenvalue weighted by atomic mass is 10.1. The first-order valence-electron chi connectivity index (χ1n) is 6.26. The van der Waals surface area contributed by atoms with Gasteiger partial charge in [0.2, 0.25) is 5.91 Å². The molecule has 16 heavy (non-hydrogen) atoms. The molecule has 0 aliphatic heterocycles. The minimum absolute atomic E-state index is 0.0691. The van der Waals surface area contributed by atoms with Crippen LogP contribution in [0.1, 0.15) is 38.5 Å². The number of amides is 1. The molecule has 3 unspecified atom stereocenters. The van der Waals surface area contributed by atoms with E-state index in [0.29, 0.717) is 24.5 Å². The van der Waals surface area contributed by atoms with Crippen molar-refractivity contribution >= 4 is 5.91 Å². The van der Waals surface area contributed by atoms with Crippen LogP contribution in [-0.2, 0) is 9.53 Å². The molecule has 0 radical (unpaired) electrons. The molecule has 4 nitrogen and oxygen atoms in total. The van der Waals surface area contributed by atoms with Gasteiger partial charge in [0, 0.05) is 25.6 Å². The van der Waals surface area contributed by atoms with Crippen molar-refractivity contribution in [3.8, 4) is 0 Å². The molecule has 3 atom stereocenters. The van der Waals surface area contributed by atoms with Crippen LogP contribution in [0.15, 0.2) is 0 Å². The van der Waals surface area contributed by atoms with Crippen LogP contribution in [0.4, 0.5) is 0 Å². The molecule has 0 saturated heterocycles. The van der Waals surface area contributed by atoms with Gasteiger partial charge in [-0.15, -0.1) is 0 Å². The van der Waals surface area contributed by atoms with Gasteiger partial charge >= 0.3 is 0 Å². The number of carbonyl (C=O) groups is 1. The molecule has 2 rings (SSSR count). The summed E-state index contributed by atoms with van der Waals surface area (Å²) in [4.78, 5) is 11.7. The number of nitrogens with two attached hydrogens (primary N) is 1. The summed E-state index contributed by atoms with van der Waals surface area (Å²) in [6.45, 7) is 0. The average molecular weight is 226 g/mol. The van der Waals surface area contributed by atoms with Crippen LogP contribution in [0.2, 0.25) is 0 Å². The van der Waals surface area contributed by atoms with Crippen LogP contribution in [0, 0.1) is 5.92 Å². The molecule has 0 bridgehead atoms. The third-order valence-electron chi connectivity index (χ3n) is 3.73. The van der Waals surface area contributed by atoms with Gasteiger partial charge in [-0.1, -0.05) is 0 Å². The number of hydrogen-bond donors (Lipinski definition) is 2. The van der Waals surface area contributed by atoms with Crippen molar-refractivity contribution in [2.24, 2.45) is 11.7 Å². The summed E-state index contributed by atoms with van der Waals surface area (Å²) in [7, 11) is 1.73. The lowest BCUT2D eigenvalue weighted by Gasteiger charge is -2.15. The number of carbonyl (C=O) groups excluding carboxylic acids is 1. The Kier molecular flexibility index (Phi) is 3.82. The second-order valence-corrected chi connectivity index (χ2v) is 5.14. The fourth-order valence-corrected chi connectivity index (χ4v) is 2.48. The fraction of sp³-hybridized carbons (Fsp3) is 0.917. The maximum absolute atomic E-state index is 11.7. The molecular weight excluding hydrogens is 204 g/mol. The van der Waals surface area contributed by atoms with E-state index >= 15 is 0 Å². The lowest BCUT2D eigenvalue weighted by molar-refractivity contribution is -0.122. The Balaban J connectivity index is 1.66. The van der Waals surface area contributed by atoms with Gasteiger partial charge in [0.05, 0.1) is 6.10 Å². The molecule has 2 saturated carbocycles. The van der Waals surface area contributed by atoms with Gasteiger partial charge in [-0.25, -0.2) is 0 Å². The predicted molar refractivity (Wildman–Crippen MR) is 61.9 cm³/mol. The second kappa shape index (κ2) is 5.15. The number of ether oxygens (including phenoxy) is 1. The Morgan fingerprint density at radius 3 is 2.75 bits per heavy atom. The zero-order valence-electron chi connectivity index (χ0n) is 9.95. The third kappa shape index (κ3) is 3.19. The summed E-state index contributed by atoms with van der Waals surface area (Å²) in [6.07, 6.45) is 6.23. The quantitative estimate of drug-likeness (QED) is 0.728. The van der Waals surface area contributed by atoms with Crippen LogP contribution in [0.3, 0.4) is 0 Å². The van der Waals surface area contributed by atoms with Crippen molar-refractivity contribution in [2.45, 2.75) is 56.7 Å². The largest absolute Gasteiger partial charge is 0.381 e. The first-order valence-corrected chi connectivity index (χ1v) is 6.26. The first-order chi connectivity index (χ1) is 7.69. The molecular formula is C12H22N2O2. The van der Waals surface area contributed by atoms with Gasteiger partial charge in [-0.3, -0.25) is 4.79 Å². The van der Waals surface area contributed by atoms with Crippen molar-refractivity contribution in [1.29, 1.82) is 0 Å². The zero-order chi connectivity index (χ0) is 11.5. The highest BCUT2D eigenvalue weighted by Gasteiger charge is 2.31. The van der Waals surface area contributed by atoms with E-state index in [1.165, 1.54) is 12.8 Å². The Bertz CT molecular complexity index is 253. The van der Waals surface area contributed by atoms with Gasteiger partial charge in [-0.2, -0.15) is 0 Å². The van der Waals surface area contributed by atoms with Crippen molar-refractivity contribution in [3.05, 3.63) is 0 Å². The molecule has 0 aromatic rings. The molecule has 2 aliphatic rings. The van der Waals surface area contributed by atoms with Gasteiger partial charge in [0.1, 0.15) is 0 Å². The zero-order valence-corrected chi connectivity index (χ0v) is 9.95. The van der Waals surface area contributed by atoms with Gasteiger partial charge in [0.25, 0.3) is 0 Å². The molecule has 2 aliphatic carbocycles. The Morgan fingerprint density at radius 1 is 1.44 bits per heavy atom. The fourth-order valence-electron chi connectivity index (χ4n) is 2.48. The standard InChI is InChI=1S/C12H22N2O2/c1-16-10-5-4-9(6-10)14-12(15)7-11(13)8-2-3-8/h8-11H,2-7,13H2,1H3,(H,14,15). The van der Waals surface area contributed by atoms with E-state index in [-0.39, 0.29) is 11.9 Å². The van der Waals surface area contributed by atoms with E-state index in [9.17, 15) is 4.79 Å². The number of methoxy groups -OCH3 is 1. The van der Waals surface area contributed by atoms with Crippen LogP contribution in [0.5, 0.6) is 0 Å². The van der Waals surface area contributed by atoms with Gasteiger partial charge in [0.15, 0.2) is 0 Å². The van der Waals surface area contributed by atoms with E-state index in [1.54, 1.807) is 7.11 Å². The summed E-state index contributed by atoms with van der Waals surface area (Å²) in [5.74, 6) is 0.710. The minimum Gasteiger partial charge on any atom is -0.381 e. The summed E-state index contributed by atoms with van der Waals surface area (Å²) >= 11 is 0. The van der Waals surface area contributed by atoms with E-state index in [4.69, 9.17) is 10.5 Å². The summed E-state index contributed by atoms with van der Waals surface area (Å²) in [5, 5.41) is 3.06. The monoisotopic (exact) mass is 226 g/mol. The highest BCUT2D eigenvalue weighted by molar-refractivity contribution is 5.77. The van der Waals surface area contributed by atoms with Crippen LogP contribution in [-0.4, -0.2) is 31.2 Å². The molecule has 0 heterocycles. The average Bonchev–Trinajstić information content (AvgIpc) is 3.00. The van der Waals surface area contributed by atoms with Crippen molar-refractivity contribution in [1.82, 2.24) is 5.32 Å². The van der Waals surface area contributed by atoms with Crippen molar-refractivity contribution in [3.63, 3.8) is 0 Å². The predicted octanol–water partition coefficient (Wildman–Crippen LogP) is 0.797. The second-order valence-electron chi connectivity index (χ2n) is 5.14. The van der Waals surface area contributed by atoms with Gasteiger partial charge < -0.3 is 15.8 Å². The summed E-state index contributed by atoms with van der Waals surface area (Å²) in [6, 6.07) is 0.364. The van der Waals surface area contributed by atoms with Crippen LogP contribution < -0.4 is 11.1 Å². The molecule has 4 heteroatoms. The Morgan fingerprint density at radius 2 is 2.19 bits per heavy atom. The molecule has 3 N–H and O–H groups in total. The number of rotatable bonds is 5. The Hall–Kier alpha value is -0.610. The maximum Gasteiger partial charge on any atom is 0.221 e. The smallest absolute Gasteiger partial charge is 0.221 e. The molecule has 2 fully saturated rings. The highest BCUT2D eigenvalue weighted by atomic mass is 16.5. The maximum atomic E-state index is 11.7. The van der Waals surface area contributed by atoms with Crippen LogP contribution >= 0.6 is 0 Å². The third-order valence-corrected chi connectivity index (χ3v) is 3.73. The van der Waals surface area contributed by atoms with Gasteiger partial charge in [-0.05, 0) is 38.0 Å². The molecule has 0 aromatic carbocycles. The summed E-state index contributed by atoms with van der Waals surface area (Å²) in [5.41, 5.74) is 5.92. The molecule has 92 valence electrons. The minimum atomic E-state index is 0.0691. The lowest BCUT2D eigenvalue weighted by Crippen LogP contribution is -2.38. The normalized spacial score (nSPS) is 31.4. The first kappa shape index (κ1) is 11.9. The van der Waals surface area contributed by atoms with E-state index in [0.717, 1.165) is 19.3 Å². The number of nitrogens with one attached hydrogen (secondary N) is 1. The van der Waals surface area contributed by atoms with E-state index < -0.39 is 0 Å². The van der Waals surface area contributed by atoms with Crippen molar-refractivity contribution in [2.75, 3.05) is 7.11 Å². The van der Waals surface area contributed by atoms with Crippen LogP contribution in [0.25, 0.3) is 0 Å². The SMILES string of the molecule is COC1CCC(NC(=O)CC(N)C2CC2)C1.